The lowest BCUT2D eigenvalue weighted by Gasteiger charge is -2.04. The van der Waals surface area contributed by atoms with Crippen LogP contribution in [0.4, 0.5) is 14.5 Å². The summed E-state index contributed by atoms with van der Waals surface area (Å²) in [6, 6.07) is 9.35. The SMILES string of the molecule is Cc1cccc(C)c1N=C1NC(=O)/C(=C\c2ccc(F)c(F)c2)S1. The van der Waals surface area contributed by atoms with Crippen LogP contribution in [0.25, 0.3) is 6.08 Å². The van der Waals surface area contributed by atoms with Crippen molar-refractivity contribution in [3.8, 4) is 0 Å². The van der Waals surface area contributed by atoms with Crippen LogP contribution < -0.4 is 5.32 Å². The van der Waals surface area contributed by atoms with Crippen molar-refractivity contribution in [2.24, 2.45) is 4.99 Å². The van der Waals surface area contributed by atoms with Gasteiger partial charge in [-0.2, -0.15) is 0 Å². The monoisotopic (exact) mass is 344 g/mol. The minimum atomic E-state index is -0.947. The Morgan fingerprint density at radius 2 is 1.79 bits per heavy atom. The van der Waals surface area contributed by atoms with Crippen LogP contribution in [-0.4, -0.2) is 11.1 Å². The van der Waals surface area contributed by atoms with Crippen molar-refractivity contribution in [1.29, 1.82) is 0 Å². The lowest BCUT2D eigenvalue weighted by Crippen LogP contribution is -2.19. The molecule has 1 aliphatic heterocycles. The molecule has 0 bridgehead atoms. The third-order valence-electron chi connectivity index (χ3n) is 3.55. The van der Waals surface area contributed by atoms with Gasteiger partial charge in [-0.15, -0.1) is 0 Å². The van der Waals surface area contributed by atoms with E-state index in [0.29, 0.717) is 15.6 Å². The second kappa shape index (κ2) is 6.57. The summed E-state index contributed by atoms with van der Waals surface area (Å²) in [7, 11) is 0. The maximum atomic E-state index is 13.3. The molecule has 24 heavy (non-hydrogen) atoms. The summed E-state index contributed by atoms with van der Waals surface area (Å²) in [6.07, 6.45) is 1.51. The zero-order chi connectivity index (χ0) is 17.3. The van der Waals surface area contributed by atoms with Crippen LogP contribution in [0.2, 0.25) is 0 Å². The molecule has 1 amide bonds. The molecule has 122 valence electrons. The van der Waals surface area contributed by atoms with Gasteiger partial charge in [0.2, 0.25) is 0 Å². The van der Waals surface area contributed by atoms with Crippen LogP contribution in [0.3, 0.4) is 0 Å². The number of carbonyl (C=O) groups is 1. The average Bonchev–Trinajstić information content (AvgIpc) is 2.87. The van der Waals surface area contributed by atoms with Crippen LogP contribution in [0.5, 0.6) is 0 Å². The fourth-order valence-electron chi connectivity index (χ4n) is 2.32. The first-order valence-corrected chi connectivity index (χ1v) is 8.06. The van der Waals surface area contributed by atoms with Crippen molar-refractivity contribution in [3.05, 3.63) is 69.6 Å². The van der Waals surface area contributed by atoms with E-state index in [9.17, 15) is 13.6 Å². The molecule has 0 radical (unpaired) electrons. The number of rotatable bonds is 2. The number of nitrogens with zero attached hydrogens (tertiary/aromatic N) is 1. The molecule has 0 aromatic heterocycles. The Morgan fingerprint density at radius 3 is 2.46 bits per heavy atom. The first-order valence-electron chi connectivity index (χ1n) is 7.25. The topological polar surface area (TPSA) is 41.5 Å². The number of amidine groups is 1. The third kappa shape index (κ3) is 3.38. The van der Waals surface area contributed by atoms with E-state index in [2.05, 4.69) is 10.3 Å². The van der Waals surface area contributed by atoms with Crippen molar-refractivity contribution in [2.75, 3.05) is 0 Å². The van der Waals surface area contributed by atoms with Gasteiger partial charge in [0.25, 0.3) is 5.91 Å². The average molecular weight is 344 g/mol. The lowest BCUT2D eigenvalue weighted by molar-refractivity contribution is -0.115. The van der Waals surface area contributed by atoms with Gasteiger partial charge in [-0.1, -0.05) is 24.3 Å². The molecular weight excluding hydrogens is 330 g/mol. The van der Waals surface area contributed by atoms with Crippen molar-refractivity contribution in [2.45, 2.75) is 13.8 Å². The Hall–Kier alpha value is -2.47. The smallest absolute Gasteiger partial charge is 0.264 e. The zero-order valence-corrected chi connectivity index (χ0v) is 13.9. The van der Waals surface area contributed by atoms with E-state index in [-0.39, 0.29) is 5.91 Å². The van der Waals surface area contributed by atoms with Gasteiger partial charge in [-0.3, -0.25) is 4.79 Å². The number of halogens is 2. The quantitative estimate of drug-likeness (QED) is 0.817. The summed E-state index contributed by atoms with van der Waals surface area (Å²) < 4.78 is 26.2. The molecule has 1 aliphatic rings. The summed E-state index contributed by atoms with van der Waals surface area (Å²) in [4.78, 5) is 16.9. The summed E-state index contributed by atoms with van der Waals surface area (Å²) >= 11 is 1.17. The van der Waals surface area contributed by atoms with Crippen LogP contribution >= 0.6 is 11.8 Å². The molecule has 6 heteroatoms. The highest BCUT2D eigenvalue weighted by atomic mass is 32.2. The molecule has 3 rings (SSSR count). The largest absolute Gasteiger partial charge is 0.300 e. The van der Waals surface area contributed by atoms with Gasteiger partial charge >= 0.3 is 0 Å². The minimum absolute atomic E-state index is 0.310. The molecule has 1 saturated heterocycles. The number of amides is 1. The van der Waals surface area contributed by atoms with Crippen molar-refractivity contribution in [1.82, 2.24) is 5.32 Å². The van der Waals surface area contributed by atoms with Gasteiger partial charge in [0.1, 0.15) is 0 Å². The Balaban J connectivity index is 1.89. The molecule has 0 atom stereocenters. The second-order valence-electron chi connectivity index (χ2n) is 5.40. The zero-order valence-electron chi connectivity index (χ0n) is 13.1. The Morgan fingerprint density at radius 1 is 1.08 bits per heavy atom. The number of nitrogens with one attached hydrogen (secondary N) is 1. The van der Waals surface area contributed by atoms with Gasteiger partial charge in [-0.05, 0) is 60.5 Å². The summed E-state index contributed by atoms with van der Waals surface area (Å²) in [5.74, 6) is -2.18. The number of benzene rings is 2. The second-order valence-corrected chi connectivity index (χ2v) is 6.43. The molecule has 0 unspecified atom stereocenters. The first kappa shape index (κ1) is 16.4. The number of hydrogen-bond donors (Lipinski definition) is 1. The number of aliphatic imine (C=N–C) groups is 1. The van der Waals surface area contributed by atoms with E-state index < -0.39 is 11.6 Å². The first-order chi connectivity index (χ1) is 11.4. The molecule has 2 aromatic rings. The predicted octanol–water partition coefficient (Wildman–Crippen LogP) is 4.47. The summed E-state index contributed by atoms with van der Waals surface area (Å²) in [6.45, 7) is 3.90. The van der Waals surface area contributed by atoms with Gasteiger partial charge in [0.05, 0.1) is 10.6 Å². The Kier molecular flexibility index (Phi) is 4.49. The number of aryl methyl sites for hydroxylation is 2. The normalized spacial score (nSPS) is 17.6. The van der Waals surface area contributed by atoms with E-state index in [0.717, 1.165) is 28.9 Å². The highest BCUT2D eigenvalue weighted by molar-refractivity contribution is 8.18. The molecule has 3 nitrogen and oxygen atoms in total. The van der Waals surface area contributed by atoms with Crippen LogP contribution in [-0.2, 0) is 4.79 Å². The molecular formula is C18H14F2N2OS. The van der Waals surface area contributed by atoms with Gasteiger partial charge in [0, 0.05) is 0 Å². The maximum absolute atomic E-state index is 13.3. The van der Waals surface area contributed by atoms with E-state index in [4.69, 9.17) is 0 Å². The number of carbonyl (C=O) groups excluding carboxylic acids is 1. The maximum Gasteiger partial charge on any atom is 0.264 e. The summed E-state index contributed by atoms with van der Waals surface area (Å²) in [5, 5.41) is 3.16. The van der Waals surface area contributed by atoms with Crippen LogP contribution in [0.1, 0.15) is 16.7 Å². The van der Waals surface area contributed by atoms with E-state index in [1.807, 2.05) is 32.0 Å². The minimum Gasteiger partial charge on any atom is -0.300 e. The van der Waals surface area contributed by atoms with Gasteiger partial charge in [0.15, 0.2) is 16.8 Å². The number of para-hydroxylation sites is 1. The highest BCUT2D eigenvalue weighted by Gasteiger charge is 2.24. The third-order valence-corrected chi connectivity index (χ3v) is 4.46. The molecule has 0 spiro atoms. The predicted molar refractivity (Wildman–Crippen MR) is 93.1 cm³/mol. The number of thioether (sulfide) groups is 1. The Labute approximate surface area is 142 Å². The van der Waals surface area contributed by atoms with E-state index >= 15 is 0 Å². The van der Waals surface area contributed by atoms with E-state index in [1.165, 1.54) is 23.9 Å². The number of hydrogen-bond acceptors (Lipinski definition) is 3. The standard InChI is InChI=1S/C18H14F2N2OS/c1-10-4-3-5-11(2)16(10)21-18-22-17(23)15(24-18)9-12-6-7-13(19)14(20)8-12/h3-9H,1-2H3,(H,21,22,23)/b15-9+. The van der Waals surface area contributed by atoms with Gasteiger partial charge in [-0.25, -0.2) is 13.8 Å². The molecule has 1 fully saturated rings. The highest BCUT2D eigenvalue weighted by Crippen LogP contribution is 2.30. The lowest BCUT2D eigenvalue weighted by atomic mass is 10.1. The van der Waals surface area contributed by atoms with Crippen molar-refractivity contribution >= 4 is 34.6 Å². The van der Waals surface area contributed by atoms with Crippen molar-refractivity contribution in [3.63, 3.8) is 0 Å². The van der Waals surface area contributed by atoms with E-state index in [1.54, 1.807) is 0 Å². The Bertz CT molecular complexity index is 870. The fourth-order valence-corrected chi connectivity index (χ4v) is 3.15. The molecule has 1 N–H and O–H groups in total. The molecule has 0 aliphatic carbocycles. The summed E-state index contributed by atoms with van der Waals surface area (Å²) in [5.41, 5.74) is 3.25. The molecule has 2 aromatic carbocycles. The van der Waals surface area contributed by atoms with Crippen molar-refractivity contribution < 1.29 is 13.6 Å². The molecule has 0 saturated carbocycles. The molecule has 1 heterocycles. The van der Waals surface area contributed by atoms with Gasteiger partial charge < -0.3 is 5.32 Å². The van der Waals surface area contributed by atoms with Crippen LogP contribution in [0.15, 0.2) is 46.3 Å². The van der Waals surface area contributed by atoms with Crippen LogP contribution in [0, 0.1) is 25.5 Å². The fraction of sp³-hybridized carbons (Fsp3) is 0.111.